The van der Waals surface area contributed by atoms with Crippen LogP contribution in [-0.2, 0) is 6.54 Å². The van der Waals surface area contributed by atoms with Gasteiger partial charge in [-0.25, -0.2) is 4.99 Å². The van der Waals surface area contributed by atoms with E-state index in [0.717, 1.165) is 22.7 Å². The first-order valence-corrected chi connectivity index (χ1v) is 7.87. The molecule has 24 heavy (non-hydrogen) atoms. The van der Waals surface area contributed by atoms with E-state index in [-0.39, 0.29) is 0 Å². The van der Waals surface area contributed by atoms with Gasteiger partial charge >= 0.3 is 0 Å². The second-order valence-corrected chi connectivity index (χ2v) is 5.92. The standard InChI is InChI=1S/C19H17N5/c1-13-3-7-15(8-4-13)11-20-18-17(16-9-5-14(2)6-10-16)23-19-21-12-22-24(18)19/h3-10,12H,11H2,1-2H3. The smallest absolute Gasteiger partial charge is 0.254 e. The molecule has 0 radical (unpaired) electrons. The lowest BCUT2D eigenvalue weighted by Crippen LogP contribution is -2.20. The van der Waals surface area contributed by atoms with Crippen LogP contribution in [-0.4, -0.2) is 26.3 Å². The summed E-state index contributed by atoms with van der Waals surface area (Å²) in [5.74, 6) is 1.32. The van der Waals surface area contributed by atoms with Crippen LogP contribution in [0.15, 0.2) is 64.8 Å². The Morgan fingerprint density at radius 3 is 2.29 bits per heavy atom. The maximum absolute atomic E-state index is 4.76. The third kappa shape index (κ3) is 2.65. The van der Waals surface area contributed by atoms with Crippen LogP contribution in [0.25, 0.3) is 0 Å². The average Bonchev–Trinajstić information content (AvgIpc) is 3.17. The van der Waals surface area contributed by atoms with Crippen molar-refractivity contribution >= 4 is 17.5 Å². The summed E-state index contributed by atoms with van der Waals surface area (Å²) in [4.78, 5) is 13.5. The number of hydrogen-bond donors (Lipinski definition) is 0. The van der Waals surface area contributed by atoms with Gasteiger partial charge in [-0.1, -0.05) is 59.7 Å². The molecule has 1 aliphatic rings. The van der Waals surface area contributed by atoms with E-state index in [1.165, 1.54) is 17.5 Å². The quantitative estimate of drug-likeness (QED) is 0.743. The van der Waals surface area contributed by atoms with E-state index < -0.39 is 0 Å². The Morgan fingerprint density at radius 1 is 0.917 bits per heavy atom. The summed E-state index contributed by atoms with van der Waals surface area (Å²) in [5.41, 5.74) is 5.46. The molecule has 5 nitrogen and oxygen atoms in total. The maximum Gasteiger partial charge on any atom is 0.254 e. The van der Waals surface area contributed by atoms with E-state index in [1.54, 1.807) is 4.68 Å². The summed E-state index contributed by atoms with van der Waals surface area (Å²) in [5, 5.41) is 4.26. The number of fused-ring (bicyclic) bond motifs is 1. The van der Waals surface area contributed by atoms with Gasteiger partial charge in [0.1, 0.15) is 12.0 Å². The van der Waals surface area contributed by atoms with Gasteiger partial charge in [0.2, 0.25) is 0 Å². The van der Waals surface area contributed by atoms with E-state index in [0.29, 0.717) is 12.5 Å². The fraction of sp³-hybridized carbons (Fsp3) is 0.158. The lowest BCUT2D eigenvalue weighted by molar-refractivity contribution is 0.932. The molecule has 0 atom stereocenters. The molecule has 0 spiro atoms. The Bertz CT molecular complexity index is 931. The Hall–Kier alpha value is -3.08. The summed E-state index contributed by atoms with van der Waals surface area (Å²) in [6.07, 6.45) is 1.51. The number of hydrogen-bond acceptors (Lipinski definition) is 4. The van der Waals surface area contributed by atoms with Crippen molar-refractivity contribution in [3.8, 4) is 0 Å². The van der Waals surface area contributed by atoms with Crippen LogP contribution in [0, 0.1) is 13.8 Å². The summed E-state index contributed by atoms with van der Waals surface area (Å²) < 4.78 is 1.70. The van der Waals surface area contributed by atoms with Crippen LogP contribution >= 0.6 is 0 Å². The molecule has 0 unspecified atom stereocenters. The fourth-order valence-corrected chi connectivity index (χ4v) is 2.62. The third-order valence-corrected chi connectivity index (χ3v) is 4.01. The molecule has 0 N–H and O–H groups in total. The Kier molecular flexibility index (Phi) is 3.54. The minimum atomic E-state index is 0.577. The van der Waals surface area contributed by atoms with Crippen LogP contribution in [0.1, 0.15) is 22.3 Å². The fourth-order valence-electron chi connectivity index (χ4n) is 2.62. The zero-order valence-electron chi connectivity index (χ0n) is 13.6. The molecule has 3 aromatic rings. The summed E-state index contributed by atoms with van der Waals surface area (Å²) >= 11 is 0. The van der Waals surface area contributed by atoms with Crippen molar-refractivity contribution in [3.63, 3.8) is 0 Å². The third-order valence-electron chi connectivity index (χ3n) is 4.01. The molecule has 0 amide bonds. The highest BCUT2D eigenvalue weighted by atomic mass is 15.4. The highest BCUT2D eigenvalue weighted by molar-refractivity contribution is 6.50. The van der Waals surface area contributed by atoms with Crippen LogP contribution in [0.3, 0.4) is 0 Å². The Labute approximate surface area is 140 Å². The van der Waals surface area contributed by atoms with Crippen molar-refractivity contribution in [2.24, 2.45) is 9.98 Å². The van der Waals surface area contributed by atoms with Gasteiger partial charge in [0, 0.05) is 5.56 Å². The predicted molar refractivity (Wildman–Crippen MR) is 95.1 cm³/mol. The largest absolute Gasteiger partial charge is 0.260 e. The van der Waals surface area contributed by atoms with Gasteiger partial charge in [-0.3, -0.25) is 4.99 Å². The first-order chi connectivity index (χ1) is 11.7. The second-order valence-electron chi connectivity index (χ2n) is 5.92. The zero-order valence-corrected chi connectivity index (χ0v) is 13.6. The average molecular weight is 315 g/mol. The van der Waals surface area contributed by atoms with Gasteiger partial charge < -0.3 is 0 Å². The molecule has 0 saturated heterocycles. The summed E-state index contributed by atoms with van der Waals surface area (Å²) in [6, 6.07) is 16.6. The summed E-state index contributed by atoms with van der Waals surface area (Å²) in [6.45, 7) is 4.73. The van der Waals surface area contributed by atoms with Crippen molar-refractivity contribution in [2.75, 3.05) is 0 Å². The lowest BCUT2D eigenvalue weighted by atomic mass is 10.1. The van der Waals surface area contributed by atoms with E-state index >= 15 is 0 Å². The molecule has 0 bridgehead atoms. The molecule has 2 heterocycles. The number of rotatable bonds is 3. The molecule has 0 fully saturated rings. The van der Waals surface area contributed by atoms with Crippen LogP contribution in [0.5, 0.6) is 0 Å². The molecule has 1 aromatic heterocycles. The Morgan fingerprint density at radius 2 is 1.58 bits per heavy atom. The number of benzene rings is 2. The highest BCUT2D eigenvalue weighted by Crippen LogP contribution is 2.20. The second kappa shape index (κ2) is 5.85. The minimum Gasteiger partial charge on any atom is -0.260 e. The number of aromatic nitrogens is 3. The van der Waals surface area contributed by atoms with Crippen LogP contribution in [0.4, 0.5) is 5.95 Å². The summed E-state index contributed by atoms with van der Waals surface area (Å²) in [7, 11) is 0. The molecular formula is C19H17N5. The number of aliphatic imine (C=N–C) groups is 2. The number of nitrogens with zero attached hydrogens (tertiary/aromatic N) is 5. The van der Waals surface area contributed by atoms with E-state index in [2.05, 4.69) is 77.5 Å². The molecule has 0 saturated carbocycles. The first-order valence-electron chi connectivity index (χ1n) is 7.87. The van der Waals surface area contributed by atoms with Crippen molar-refractivity contribution in [2.45, 2.75) is 20.4 Å². The normalized spacial score (nSPS) is 14.8. The van der Waals surface area contributed by atoms with E-state index in [4.69, 9.17) is 4.99 Å². The maximum atomic E-state index is 4.76. The highest BCUT2D eigenvalue weighted by Gasteiger charge is 2.25. The van der Waals surface area contributed by atoms with Gasteiger partial charge in [-0.05, 0) is 19.4 Å². The van der Waals surface area contributed by atoms with Gasteiger partial charge in [-0.2, -0.15) is 14.8 Å². The van der Waals surface area contributed by atoms with Crippen molar-refractivity contribution in [1.82, 2.24) is 14.8 Å². The van der Waals surface area contributed by atoms with Crippen molar-refractivity contribution < 1.29 is 0 Å². The first kappa shape index (κ1) is 14.5. The SMILES string of the molecule is Cc1ccc(CN=C2C(c3ccc(C)cc3)=Nc3ncnn32)cc1. The van der Waals surface area contributed by atoms with E-state index in [1.807, 2.05) is 0 Å². The van der Waals surface area contributed by atoms with Gasteiger partial charge in [-0.15, -0.1) is 0 Å². The van der Waals surface area contributed by atoms with Crippen LogP contribution in [0.2, 0.25) is 0 Å². The minimum absolute atomic E-state index is 0.577. The molecular weight excluding hydrogens is 298 g/mol. The Balaban J connectivity index is 1.70. The zero-order chi connectivity index (χ0) is 16.5. The van der Waals surface area contributed by atoms with Crippen molar-refractivity contribution in [1.29, 1.82) is 0 Å². The monoisotopic (exact) mass is 315 g/mol. The van der Waals surface area contributed by atoms with Gasteiger partial charge in [0.15, 0.2) is 5.84 Å². The van der Waals surface area contributed by atoms with Crippen molar-refractivity contribution in [3.05, 3.63) is 77.1 Å². The van der Waals surface area contributed by atoms with Gasteiger partial charge in [0.25, 0.3) is 5.95 Å². The predicted octanol–water partition coefficient (Wildman–Crippen LogP) is 3.48. The topological polar surface area (TPSA) is 55.4 Å². The molecule has 0 aliphatic carbocycles. The number of aryl methyl sites for hydroxylation is 2. The van der Waals surface area contributed by atoms with E-state index in [9.17, 15) is 0 Å². The van der Waals surface area contributed by atoms with Crippen LogP contribution < -0.4 is 0 Å². The molecule has 5 heteroatoms. The lowest BCUT2D eigenvalue weighted by Gasteiger charge is -2.05. The van der Waals surface area contributed by atoms with Gasteiger partial charge in [0.05, 0.1) is 6.54 Å². The molecule has 118 valence electrons. The molecule has 4 rings (SSSR count). The molecule has 2 aromatic carbocycles. The molecule has 1 aliphatic heterocycles.